The molecule has 4 N–H and O–H groups in total. The molecular weight excluding hydrogens is 374 g/mol. The number of hydrogen-bond donors (Lipinski definition) is 4. The number of benzene rings is 2. The molecule has 0 saturated carbocycles. The van der Waals surface area contributed by atoms with E-state index in [9.17, 15) is 23.1 Å². The van der Waals surface area contributed by atoms with Crippen LogP contribution in [0.3, 0.4) is 0 Å². The van der Waals surface area contributed by atoms with Gasteiger partial charge in [-0.15, -0.1) is 0 Å². The summed E-state index contributed by atoms with van der Waals surface area (Å²) in [7, 11) is -2.24. The van der Waals surface area contributed by atoms with Crippen LogP contribution in [0.1, 0.15) is 20.7 Å². The van der Waals surface area contributed by atoms with E-state index in [4.69, 9.17) is 4.74 Å². The highest BCUT2D eigenvalue weighted by Gasteiger charge is 2.15. The fourth-order valence-corrected chi connectivity index (χ4v) is 3.08. The SMILES string of the molecule is COCCNS(=O)(=O)c1ccc(C(=O)NNC(=O)c2ccccc2O)cc1. The molecule has 0 heterocycles. The molecule has 0 bridgehead atoms. The Morgan fingerprint density at radius 2 is 1.63 bits per heavy atom. The molecule has 27 heavy (non-hydrogen) atoms. The highest BCUT2D eigenvalue weighted by Crippen LogP contribution is 2.15. The minimum atomic E-state index is -3.70. The van der Waals surface area contributed by atoms with Crippen molar-refractivity contribution in [3.05, 3.63) is 59.7 Å². The van der Waals surface area contributed by atoms with E-state index in [1.54, 1.807) is 12.1 Å². The minimum Gasteiger partial charge on any atom is -0.507 e. The monoisotopic (exact) mass is 393 g/mol. The number of ether oxygens (including phenoxy) is 1. The van der Waals surface area contributed by atoms with Gasteiger partial charge in [0.15, 0.2) is 0 Å². The van der Waals surface area contributed by atoms with Gasteiger partial charge >= 0.3 is 0 Å². The van der Waals surface area contributed by atoms with E-state index < -0.39 is 21.8 Å². The number of methoxy groups -OCH3 is 1. The minimum absolute atomic E-state index is 0.00127. The van der Waals surface area contributed by atoms with Crippen LogP contribution in [0.4, 0.5) is 0 Å². The normalized spacial score (nSPS) is 11.0. The van der Waals surface area contributed by atoms with Crippen LogP contribution in [-0.2, 0) is 14.8 Å². The van der Waals surface area contributed by atoms with Crippen LogP contribution in [0.2, 0.25) is 0 Å². The molecule has 0 saturated heterocycles. The lowest BCUT2D eigenvalue weighted by Crippen LogP contribution is -2.41. The van der Waals surface area contributed by atoms with Crippen molar-refractivity contribution in [3.8, 4) is 5.75 Å². The molecule has 0 fully saturated rings. The van der Waals surface area contributed by atoms with E-state index >= 15 is 0 Å². The number of aromatic hydroxyl groups is 1. The van der Waals surface area contributed by atoms with Gasteiger partial charge in [-0.05, 0) is 36.4 Å². The van der Waals surface area contributed by atoms with Crippen molar-refractivity contribution in [2.75, 3.05) is 20.3 Å². The highest BCUT2D eigenvalue weighted by atomic mass is 32.2. The molecule has 144 valence electrons. The Bertz CT molecular complexity index is 913. The van der Waals surface area contributed by atoms with Crippen molar-refractivity contribution in [2.24, 2.45) is 0 Å². The third-order valence-corrected chi connectivity index (χ3v) is 4.94. The highest BCUT2D eigenvalue weighted by molar-refractivity contribution is 7.89. The quantitative estimate of drug-likeness (QED) is 0.397. The number of carbonyl (C=O) groups is 2. The zero-order valence-electron chi connectivity index (χ0n) is 14.4. The standard InChI is InChI=1S/C17H19N3O6S/c1-26-11-10-18-27(24,25)13-8-6-12(7-9-13)16(22)19-20-17(23)14-4-2-3-5-15(14)21/h2-9,18,21H,10-11H2,1H3,(H,19,22)(H,20,23). The van der Waals surface area contributed by atoms with Crippen LogP contribution >= 0.6 is 0 Å². The van der Waals surface area contributed by atoms with Gasteiger partial charge in [-0.3, -0.25) is 20.4 Å². The van der Waals surface area contributed by atoms with Crippen LogP contribution in [0.5, 0.6) is 5.75 Å². The summed E-state index contributed by atoms with van der Waals surface area (Å²) in [6, 6.07) is 11.0. The van der Waals surface area contributed by atoms with Crippen LogP contribution in [0.25, 0.3) is 0 Å². The molecule has 2 aromatic carbocycles. The zero-order chi connectivity index (χ0) is 19.9. The van der Waals surface area contributed by atoms with Crippen molar-refractivity contribution in [3.63, 3.8) is 0 Å². The van der Waals surface area contributed by atoms with Crippen LogP contribution < -0.4 is 15.6 Å². The number of para-hydroxylation sites is 1. The first-order valence-corrected chi connectivity index (χ1v) is 9.31. The summed E-state index contributed by atoms with van der Waals surface area (Å²) in [4.78, 5) is 24.0. The van der Waals surface area contributed by atoms with Crippen LogP contribution in [-0.4, -0.2) is 45.6 Å². The maximum atomic E-state index is 12.1. The van der Waals surface area contributed by atoms with Crippen molar-refractivity contribution >= 4 is 21.8 Å². The van der Waals surface area contributed by atoms with Gasteiger partial charge in [0.2, 0.25) is 10.0 Å². The average Bonchev–Trinajstić information content (AvgIpc) is 2.66. The second-order valence-electron chi connectivity index (χ2n) is 5.34. The van der Waals surface area contributed by atoms with Gasteiger partial charge in [-0.1, -0.05) is 12.1 Å². The number of carbonyl (C=O) groups excluding carboxylic acids is 2. The maximum absolute atomic E-state index is 12.1. The van der Waals surface area contributed by atoms with E-state index in [1.165, 1.54) is 43.5 Å². The number of amides is 2. The Morgan fingerprint density at radius 1 is 1.00 bits per heavy atom. The van der Waals surface area contributed by atoms with Gasteiger partial charge in [-0.2, -0.15) is 0 Å². The van der Waals surface area contributed by atoms with Crippen molar-refractivity contribution in [2.45, 2.75) is 4.90 Å². The summed E-state index contributed by atoms with van der Waals surface area (Å²) in [6.07, 6.45) is 0. The summed E-state index contributed by atoms with van der Waals surface area (Å²) in [5.74, 6) is -1.56. The van der Waals surface area contributed by atoms with Gasteiger partial charge in [0.25, 0.3) is 11.8 Å². The summed E-state index contributed by atoms with van der Waals surface area (Å²) < 4.78 is 31.2. The molecule has 2 rings (SSSR count). The van der Waals surface area contributed by atoms with Crippen LogP contribution in [0.15, 0.2) is 53.4 Å². The first kappa shape index (κ1) is 20.4. The summed E-state index contributed by atoms with van der Waals surface area (Å²) >= 11 is 0. The van der Waals surface area contributed by atoms with E-state index in [0.29, 0.717) is 0 Å². The van der Waals surface area contributed by atoms with Gasteiger partial charge in [0.1, 0.15) is 5.75 Å². The van der Waals surface area contributed by atoms with Gasteiger partial charge in [0.05, 0.1) is 17.1 Å². The predicted molar refractivity (Wildman–Crippen MR) is 96.5 cm³/mol. The summed E-state index contributed by atoms with van der Waals surface area (Å²) in [5, 5.41) is 9.60. The second kappa shape index (κ2) is 9.12. The molecule has 0 unspecified atom stereocenters. The van der Waals surface area contributed by atoms with Gasteiger partial charge < -0.3 is 9.84 Å². The number of nitrogens with one attached hydrogen (secondary N) is 3. The number of sulfonamides is 1. The number of phenols is 1. The second-order valence-corrected chi connectivity index (χ2v) is 7.11. The lowest BCUT2D eigenvalue weighted by atomic mass is 10.2. The largest absolute Gasteiger partial charge is 0.507 e. The molecule has 0 spiro atoms. The first-order chi connectivity index (χ1) is 12.8. The smallest absolute Gasteiger partial charge is 0.273 e. The third-order valence-electron chi connectivity index (χ3n) is 3.46. The molecule has 10 heteroatoms. The molecular formula is C17H19N3O6S. The number of hydrazine groups is 1. The predicted octanol–water partition coefficient (Wildman–Crippen LogP) is 0.392. The van der Waals surface area contributed by atoms with Crippen molar-refractivity contribution in [1.82, 2.24) is 15.6 Å². The van der Waals surface area contributed by atoms with Crippen LogP contribution in [0, 0.1) is 0 Å². The average molecular weight is 393 g/mol. The zero-order valence-corrected chi connectivity index (χ0v) is 15.2. The molecule has 0 aliphatic heterocycles. The fourth-order valence-electron chi connectivity index (χ4n) is 2.07. The van der Waals surface area contributed by atoms with E-state index in [2.05, 4.69) is 15.6 Å². The molecule has 0 atom stereocenters. The summed E-state index contributed by atoms with van der Waals surface area (Å²) in [6.45, 7) is 0.357. The molecule has 0 aromatic heterocycles. The first-order valence-electron chi connectivity index (χ1n) is 7.82. The molecule has 2 aromatic rings. The topological polar surface area (TPSA) is 134 Å². The molecule has 0 radical (unpaired) electrons. The van der Waals surface area contributed by atoms with Crippen molar-refractivity contribution < 1.29 is 27.9 Å². The Morgan fingerprint density at radius 3 is 2.26 bits per heavy atom. The molecule has 0 aliphatic rings. The Balaban J connectivity index is 1.97. The van der Waals surface area contributed by atoms with Crippen molar-refractivity contribution in [1.29, 1.82) is 0 Å². The lowest BCUT2D eigenvalue weighted by molar-refractivity contribution is 0.0845. The number of rotatable bonds is 7. The summed E-state index contributed by atoms with van der Waals surface area (Å²) in [5.41, 5.74) is 4.51. The maximum Gasteiger partial charge on any atom is 0.273 e. The molecule has 0 aliphatic carbocycles. The number of phenolic OH excluding ortho intramolecular Hbond substituents is 1. The Labute approximate surface area is 156 Å². The Kier molecular flexibility index (Phi) is 6.88. The fraction of sp³-hybridized carbons (Fsp3) is 0.176. The van der Waals surface area contributed by atoms with Gasteiger partial charge in [-0.25, -0.2) is 13.1 Å². The number of hydrogen-bond acceptors (Lipinski definition) is 6. The molecule has 9 nitrogen and oxygen atoms in total. The molecule has 2 amide bonds. The van der Waals surface area contributed by atoms with E-state index in [1.807, 2.05) is 0 Å². The Hall–Kier alpha value is -2.95. The van der Waals surface area contributed by atoms with E-state index in [0.717, 1.165) is 0 Å². The van der Waals surface area contributed by atoms with Gasteiger partial charge in [0, 0.05) is 19.2 Å². The lowest BCUT2D eigenvalue weighted by Gasteiger charge is -2.09. The van der Waals surface area contributed by atoms with E-state index in [-0.39, 0.29) is 34.9 Å². The third kappa shape index (κ3) is 5.51.